The normalized spacial score (nSPS) is 10.2. The first kappa shape index (κ1) is 10.6. The lowest BCUT2D eigenvalue weighted by atomic mass is 10.2. The van der Waals surface area contributed by atoms with Crippen molar-refractivity contribution in [2.45, 2.75) is 6.92 Å². The van der Waals surface area contributed by atoms with Crippen LogP contribution in [0.25, 0.3) is 0 Å². The molecule has 2 aromatic carbocycles. The SMILES string of the molecule is Cc1ccc(Oc2cc(F)cc(F)c2)cc1. The van der Waals surface area contributed by atoms with E-state index in [2.05, 4.69) is 0 Å². The molecule has 0 aliphatic heterocycles. The largest absolute Gasteiger partial charge is 0.457 e. The van der Waals surface area contributed by atoms with Gasteiger partial charge in [0.05, 0.1) is 0 Å². The Morgan fingerprint density at radius 2 is 1.38 bits per heavy atom. The molecule has 82 valence electrons. The standard InChI is InChI=1S/C13H10F2O/c1-9-2-4-12(5-3-9)16-13-7-10(14)6-11(15)8-13/h2-8H,1H3. The van der Waals surface area contributed by atoms with Crippen molar-refractivity contribution >= 4 is 0 Å². The maximum absolute atomic E-state index is 12.9. The van der Waals surface area contributed by atoms with Crippen LogP contribution in [0.2, 0.25) is 0 Å². The third-order valence-electron chi connectivity index (χ3n) is 2.09. The molecule has 0 heterocycles. The fourth-order valence-electron chi connectivity index (χ4n) is 1.33. The average Bonchev–Trinajstić information content (AvgIpc) is 2.20. The van der Waals surface area contributed by atoms with Gasteiger partial charge in [-0.3, -0.25) is 0 Å². The molecule has 0 atom stereocenters. The zero-order valence-electron chi connectivity index (χ0n) is 8.71. The van der Waals surface area contributed by atoms with Gasteiger partial charge in [-0.15, -0.1) is 0 Å². The summed E-state index contributed by atoms with van der Waals surface area (Å²) in [5.41, 5.74) is 1.10. The average molecular weight is 220 g/mol. The van der Waals surface area contributed by atoms with Gasteiger partial charge in [0, 0.05) is 18.2 Å². The van der Waals surface area contributed by atoms with Gasteiger partial charge >= 0.3 is 0 Å². The predicted octanol–water partition coefficient (Wildman–Crippen LogP) is 4.07. The van der Waals surface area contributed by atoms with E-state index in [0.717, 1.165) is 23.8 Å². The van der Waals surface area contributed by atoms with Crippen molar-refractivity contribution in [2.75, 3.05) is 0 Å². The van der Waals surface area contributed by atoms with Crippen LogP contribution in [0.4, 0.5) is 8.78 Å². The van der Waals surface area contributed by atoms with Crippen molar-refractivity contribution in [3.8, 4) is 11.5 Å². The first-order valence-electron chi connectivity index (χ1n) is 4.84. The molecule has 0 fully saturated rings. The minimum Gasteiger partial charge on any atom is -0.457 e. The summed E-state index contributed by atoms with van der Waals surface area (Å²) >= 11 is 0. The van der Waals surface area contributed by atoms with Crippen LogP contribution in [0.1, 0.15) is 5.56 Å². The lowest BCUT2D eigenvalue weighted by molar-refractivity contribution is 0.468. The lowest BCUT2D eigenvalue weighted by Gasteiger charge is -2.06. The van der Waals surface area contributed by atoms with Gasteiger partial charge in [-0.05, 0) is 19.1 Å². The number of hydrogen-bond donors (Lipinski definition) is 0. The lowest BCUT2D eigenvalue weighted by Crippen LogP contribution is -1.87. The van der Waals surface area contributed by atoms with E-state index in [1.54, 1.807) is 12.1 Å². The topological polar surface area (TPSA) is 9.23 Å². The smallest absolute Gasteiger partial charge is 0.133 e. The molecule has 0 spiro atoms. The minimum atomic E-state index is -0.651. The van der Waals surface area contributed by atoms with Crippen molar-refractivity contribution in [2.24, 2.45) is 0 Å². The highest BCUT2D eigenvalue weighted by atomic mass is 19.1. The van der Waals surface area contributed by atoms with E-state index >= 15 is 0 Å². The molecule has 0 aliphatic rings. The first-order chi connectivity index (χ1) is 7.63. The van der Waals surface area contributed by atoms with Crippen LogP contribution in [-0.4, -0.2) is 0 Å². The zero-order chi connectivity index (χ0) is 11.5. The van der Waals surface area contributed by atoms with Gasteiger partial charge in [0.1, 0.15) is 23.1 Å². The van der Waals surface area contributed by atoms with Gasteiger partial charge in [-0.1, -0.05) is 17.7 Å². The van der Waals surface area contributed by atoms with E-state index < -0.39 is 11.6 Å². The first-order valence-corrected chi connectivity index (χ1v) is 4.84. The highest BCUT2D eigenvalue weighted by molar-refractivity contribution is 5.33. The number of aryl methyl sites for hydroxylation is 1. The Morgan fingerprint density at radius 1 is 0.812 bits per heavy atom. The number of benzene rings is 2. The molecule has 1 nitrogen and oxygen atoms in total. The van der Waals surface area contributed by atoms with E-state index in [4.69, 9.17) is 4.74 Å². The molecule has 3 heteroatoms. The molecular weight excluding hydrogens is 210 g/mol. The van der Waals surface area contributed by atoms with Crippen LogP contribution in [-0.2, 0) is 0 Å². The van der Waals surface area contributed by atoms with Gasteiger partial charge in [0.15, 0.2) is 0 Å². The minimum absolute atomic E-state index is 0.154. The quantitative estimate of drug-likeness (QED) is 0.741. The van der Waals surface area contributed by atoms with E-state index in [0.29, 0.717) is 5.75 Å². The van der Waals surface area contributed by atoms with Gasteiger partial charge in [0.25, 0.3) is 0 Å². The molecule has 16 heavy (non-hydrogen) atoms. The summed E-state index contributed by atoms with van der Waals surface area (Å²) in [6.45, 7) is 1.95. The molecule has 2 rings (SSSR count). The Morgan fingerprint density at radius 3 is 1.94 bits per heavy atom. The number of ether oxygens (including phenoxy) is 1. The summed E-state index contributed by atoms with van der Waals surface area (Å²) < 4.78 is 31.1. The Bertz CT molecular complexity index is 472. The predicted molar refractivity (Wildman–Crippen MR) is 57.6 cm³/mol. The molecule has 0 radical (unpaired) electrons. The number of rotatable bonds is 2. The van der Waals surface area contributed by atoms with Crippen molar-refractivity contribution < 1.29 is 13.5 Å². The van der Waals surface area contributed by atoms with Crippen molar-refractivity contribution in [1.82, 2.24) is 0 Å². The van der Waals surface area contributed by atoms with Crippen LogP contribution in [0.15, 0.2) is 42.5 Å². The zero-order valence-corrected chi connectivity index (χ0v) is 8.71. The molecule has 0 bridgehead atoms. The Kier molecular flexibility index (Phi) is 2.86. The second-order valence-corrected chi connectivity index (χ2v) is 3.52. The van der Waals surface area contributed by atoms with Crippen molar-refractivity contribution in [3.63, 3.8) is 0 Å². The van der Waals surface area contributed by atoms with Gasteiger partial charge in [-0.25, -0.2) is 8.78 Å². The number of hydrogen-bond acceptors (Lipinski definition) is 1. The molecule has 0 aliphatic carbocycles. The van der Waals surface area contributed by atoms with Gasteiger partial charge in [0.2, 0.25) is 0 Å². The molecule has 0 amide bonds. The molecule has 0 aromatic heterocycles. The Hall–Kier alpha value is -1.90. The maximum atomic E-state index is 12.9. The Labute approximate surface area is 92.3 Å². The number of halogens is 2. The van der Waals surface area contributed by atoms with Crippen molar-refractivity contribution in [1.29, 1.82) is 0 Å². The molecular formula is C13H10F2O. The summed E-state index contributed by atoms with van der Waals surface area (Å²) in [5, 5.41) is 0. The van der Waals surface area contributed by atoms with E-state index in [1.165, 1.54) is 0 Å². The van der Waals surface area contributed by atoms with Crippen molar-refractivity contribution in [3.05, 3.63) is 59.7 Å². The molecule has 0 saturated carbocycles. The van der Waals surface area contributed by atoms with Gasteiger partial charge in [-0.2, -0.15) is 0 Å². The summed E-state index contributed by atoms with van der Waals surface area (Å²) in [7, 11) is 0. The molecule has 0 N–H and O–H groups in total. The molecule has 0 unspecified atom stereocenters. The maximum Gasteiger partial charge on any atom is 0.133 e. The Balaban J connectivity index is 2.23. The van der Waals surface area contributed by atoms with E-state index in [9.17, 15) is 8.78 Å². The van der Waals surface area contributed by atoms with Crippen LogP contribution in [0.5, 0.6) is 11.5 Å². The third kappa shape index (κ3) is 2.57. The summed E-state index contributed by atoms with van der Waals surface area (Å²) in [6.07, 6.45) is 0. The van der Waals surface area contributed by atoms with Crippen LogP contribution in [0, 0.1) is 18.6 Å². The van der Waals surface area contributed by atoms with E-state index in [-0.39, 0.29) is 5.75 Å². The monoisotopic (exact) mass is 220 g/mol. The molecule has 0 saturated heterocycles. The fraction of sp³-hybridized carbons (Fsp3) is 0.0769. The summed E-state index contributed by atoms with van der Waals surface area (Å²) in [5.74, 6) is -0.596. The van der Waals surface area contributed by atoms with E-state index in [1.807, 2.05) is 19.1 Å². The second-order valence-electron chi connectivity index (χ2n) is 3.52. The summed E-state index contributed by atoms with van der Waals surface area (Å²) in [6, 6.07) is 10.3. The third-order valence-corrected chi connectivity index (χ3v) is 2.09. The highest BCUT2D eigenvalue weighted by Crippen LogP contribution is 2.23. The van der Waals surface area contributed by atoms with Gasteiger partial charge < -0.3 is 4.74 Å². The fourth-order valence-corrected chi connectivity index (χ4v) is 1.33. The van der Waals surface area contributed by atoms with Crippen LogP contribution >= 0.6 is 0 Å². The summed E-state index contributed by atoms with van der Waals surface area (Å²) in [4.78, 5) is 0. The van der Waals surface area contributed by atoms with Crippen LogP contribution < -0.4 is 4.74 Å². The second kappa shape index (κ2) is 4.31. The molecule has 2 aromatic rings. The highest BCUT2D eigenvalue weighted by Gasteiger charge is 2.02. The van der Waals surface area contributed by atoms with Crippen LogP contribution in [0.3, 0.4) is 0 Å².